The maximum Gasteiger partial charge on any atom is 0.163 e. The Balaban J connectivity index is 1.61. The van der Waals surface area contributed by atoms with Crippen LogP contribution in [0.15, 0.2) is 58.7 Å². The Morgan fingerprint density at radius 1 is 0.636 bits per heavy atom. The van der Waals surface area contributed by atoms with Crippen LogP contribution in [0.2, 0.25) is 0 Å². The van der Waals surface area contributed by atoms with E-state index in [0.29, 0.717) is 76.8 Å². The number of phenols is 2. The number of nitrogens with zero attached hydrogens (tertiary/aromatic N) is 3. The van der Waals surface area contributed by atoms with Crippen molar-refractivity contribution < 1.29 is 19.7 Å². The number of aromatic hydroxyl groups is 2. The summed E-state index contributed by atoms with van der Waals surface area (Å²) in [5, 5.41) is 23.4. The molecule has 2 atom stereocenters. The van der Waals surface area contributed by atoms with E-state index in [1.54, 1.807) is 0 Å². The van der Waals surface area contributed by atoms with Gasteiger partial charge in [0.05, 0.1) is 35.9 Å². The number of aryl methyl sites for hydroxylation is 1. The van der Waals surface area contributed by atoms with Crippen LogP contribution in [0.25, 0.3) is 5.70 Å². The van der Waals surface area contributed by atoms with E-state index in [2.05, 4.69) is 27.7 Å². The van der Waals surface area contributed by atoms with Gasteiger partial charge in [-0.1, -0.05) is 111 Å². The van der Waals surface area contributed by atoms with Crippen molar-refractivity contribution in [2.24, 2.45) is 28.9 Å². The zero-order chi connectivity index (χ0) is 39.6. The van der Waals surface area contributed by atoms with E-state index < -0.39 is 0 Å². The number of amidine groups is 1. The van der Waals surface area contributed by atoms with E-state index in [9.17, 15) is 10.2 Å². The quantitative estimate of drug-likeness (QED) is 0.0843. The molecule has 3 aromatic rings. The van der Waals surface area contributed by atoms with Gasteiger partial charge >= 0.3 is 0 Å². The average Bonchev–Trinajstić information content (AvgIpc) is 3.50. The number of ether oxygens (including phenoxy) is 2. The Bertz CT molecular complexity index is 1720. The number of hydrogen-bond acceptors (Lipinski definition) is 6. The smallest absolute Gasteiger partial charge is 0.163 e. The van der Waals surface area contributed by atoms with Crippen molar-refractivity contribution in [3.05, 3.63) is 76.6 Å². The Hall–Kier alpha value is -4.00. The van der Waals surface area contributed by atoms with Crippen LogP contribution in [0.1, 0.15) is 165 Å². The standard InChI is InChI=1S/C48H71N3O4/c1-8-12-16-18-23-37(21-14-10-3)33-54-44-30-26-39(46(52)35(44)5)41-28-29-42(43-25-20-32-51(43)7)50-48(49-41)40-27-31-45(36(6)47(40)53)55-34-38(22-15-11-4)24-19-17-13-9-2/h20,25-28,30-32,37-38,52-53H,8-19,21-24,29,33-34H2,1-7H3. The highest BCUT2D eigenvalue weighted by Gasteiger charge is 2.23. The summed E-state index contributed by atoms with van der Waals surface area (Å²) in [6.07, 6.45) is 24.0. The fraction of sp³-hybridized carbons (Fsp3) is 0.583. The summed E-state index contributed by atoms with van der Waals surface area (Å²) in [5.41, 5.74) is 4.91. The predicted molar refractivity (Wildman–Crippen MR) is 231 cm³/mol. The molecule has 2 aromatic carbocycles. The number of aliphatic imine (C=N–C) groups is 2. The van der Waals surface area contributed by atoms with E-state index in [-0.39, 0.29) is 11.5 Å². The SMILES string of the molecule is CCCCCCC(CCCC)COc1ccc(C2=CCC(c3cccn3C)=NC(c3ccc(OCC(CCCC)CCCCCC)c(C)c3O)=N2)c(O)c1C. The molecule has 0 bridgehead atoms. The van der Waals surface area contributed by atoms with Gasteiger partial charge in [-0.25, -0.2) is 9.98 Å². The minimum Gasteiger partial charge on any atom is -0.507 e. The first-order valence-electron chi connectivity index (χ1n) is 21.6. The molecular weight excluding hydrogens is 683 g/mol. The van der Waals surface area contributed by atoms with E-state index >= 15 is 0 Å². The third-order valence-corrected chi connectivity index (χ3v) is 11.3. The van der Waals surface area contributed by atoms with Crippen LogP contribution in [0.5, 0.6) is 23.0 Å². The second-order valence-corrected chi connectivity index (χ2v) is 15.8. The highest BCUT2D eigenvalue weighted by atomic mass is 16.5. The molecule has 2 heterocycles. The molecule has 4 rings (SSSR count). The Morgan fingerprint density at radius 3 is 1.65 bits per heavy atom. The van der Waals surface area contributed by atoms with Gasteiger partial charge in [0.15, 0.2) is 5.84 Å². The molecule has 1 aromatic heterocycles. The van der Waals surface area contributed by atoms with Crippen LogP contribution in [0.4, 0.5) is 0 Å². The highest BCUT2D eigenvalue weighted by molar-refractivity contribution is 6.16. The van der Waals surface area contributed by atoms with Crippen molar-refractivity contribution >= 4 is 17.2 Å². The molecule has 0 radical (unpaired) electrons. The first-order valence-corrected chi connectivity index (χ1v) is 21.6. The lowest BCUT2D eigenvalue weighted by Gasteiger charge is -2.20. The average molecular weight is 754 g/mol. The topological polar surface area (TPSA) is 88.6 Å². The molecule has 0 fully saturated rings. The van der Waals surface area contributed by atoms with Crippen LogP contribution in [0, 0.1) is 25.7 Å². The number of unbranched alkanes of at least 4 members (excludes halogenated alkanes) is 8. The normalized spacial score (nSPS) is 14.2. The first kappa shape index (κ1) is 43.7. The van der Waals surface area contributed by atoms with Gasteiger partial charge in [-0.2, -0.15) is 0 Å². The number of phenolic OH excluding ortho intramolecular Hbond substituents is 2. The van der Waals surface area contributed by atoms with Crippen LogP contribution < -0.4 is 9.47 Å². The molecule has 1 aliphatic rings. The summed E-state index contributed by atoms with van der Waals surface area (Å²) >= 11 is 0. The van der Waals surface area contributed by atoms with E-state index in [1.807, 2.05) is 74.1 Å². The third-order valence-electron chi connectivity index (χ3n) is 11.3. The highest BCUT2D eigenvalue weighted by Crippen LogP contribution is 2.38. The second kappa shape index (κ2) is 23.2. The summed E-state index contributed by atoms with van der Waals surface area (Å²) in [5.74, 6) is 3.06. The lowest BCUT2D eigenvalue weighted by atomic mass is 9.96. The van der Waals surface area contributed by atoms with Gasteiger partial charge in [-0.3, -0.25) is 0 Å². The van der Waals surface area contributed by atoms with E-state index in [1.165, 1.54) is 89.9 Å². The zero-order valence-corrected chi connectivity index (χ0v) is 35.3. The van der Waals surface area contributed by atoms with Gasteiger partial charge in [0.1, 0.15) is 23.0 Å². The van der Waals surface area contributed by atoms with Crippen molar-refractivity contribution in [1.82, 2.24) is 4.57 Å². The molecular formula is C48H71N3O4. The molecule has 0 spiro atoms. The Labute approximate surface area is 333 Å². The maximum absolute atomic E-state index is 11.7. The van der Waals surface area contributed by atoms with Crippen LogP contribution in [0.3, 0.4) is 0 Å². The summed E-state index contributed by atoms with van der Waals surface area (Å²) in [6, 6.07) is 11.7. The van der Waals surface area contributed by atoms with Crippen molar-refractivity contribution in [3.8, 4) is 23.0 Å². The third kappa shape index (κ3) is 12.8. The lowest BCUT2D eigenvalue weighted by Crippen LogP contribution is -2.13. The summed E-state index contributed by atoms with van der Waals surface area (Å²) in [7, 11) is 2.00. The molecule has 0 amide bonds. The molecule has 302 valence electrons. The summed E-state index contributed by atoms with van der Waals surface area (Å²) in [4.78, 5) is 10.1. The monoisotopic (exact) mass is 754 g/mol. The van der Waals surface area contributed by atoms with E-state index in [4.69, 9.17) is 19.5 Å². The van der Waals surface area contributed by atoms with Gasteiger partial charge in [0.25, 0.3) is 0 Å². The fourth-order valence-corrected chi connectivity index (χ4v) is 7.57. The fourth-order valence-electron chi connectivity index (χ4n) is 7.57. The Kier molecular flexibility index (Phi) is 18.4. The Morgan fingerprint density at radius 2 is 1.15 bits per heavy atom. The number of allylic oxidation sites excluding steroid dienone is 1. The molecule has 1 aliphatic heterocycles. The number of rotatable bonds is 25. The molecule has 7 heteroatoms. The second-order valence-electron chi connectivity index (χ2n) is 15.8. The minimum absolute atomic E-state index is 0.108. The summed E-state index contributed by atoms with van der Waals surface area (Å²) < 4.78 is 14.9. The maximum atomic E-state index is 11.7. The zero-order valence-electron chi connectivity index (χ0n) is 35.3. The predicted octanol–water partition coefficient (Wildman–Crippen LogP) is 13.0. The van der Waals surface area contributed by atoms with Crippen LogP contribution in [-0.2, 0) is 7.05 Å². The lowest BCUT2D eigenvalue weighted by molar-refractivity contribution is 0.223. The molecule has 55 heavy (non-hydrogen) atoms. The molecule has 0 saturated heterocycles. The first-order chi connectivity index (χ1) is 26.7. The molecule has 0 saturated carbocycles. The molecule has 2 unspecified atom stereocenters. The molecule has 0 aliphatic carbocycles. The van der Waals surface area contributed by atoms with Crippen LogP contribution >= 0.6 is 0 Å². The molecule has 7 nitrogen and oxygen atoms in total. The van der Waals surface area contributed by atoms with Gasteiger partial charge in [0.2, 0.25) is 0 Å². The van der Waals surface area contributed by atoms with Crippen molar-refractivity contribution in [3.63, 3.8) is 0 Å². The van der Waals surface area contributed by atoms with Gasteiger partial charge in [-0.15, -0.1) is 0 Å². The minimum atomic E-state index is 0.108. The van der Waals surface area contributed by atoms with Gasteiger partial charge in [-0.05, 0) is 87.8 Å². The number of benzene rings is 2. The van der Waals surface area contributed by atoms with Crippen molar-refractivity contribution in [1.29, 1.82) is 0 Å². The van der Waals surface area contributed by atoms with Gasteiger partial charge in [0, 0.05) is 36.4 Å². The van der Waals surface area contributed by atoms with Crippen LogP contribution in [-0.4, -0.2) is 39.5 Å². The van der Waals surface area contributed by atoms with Crippen molar-refractivity contribution in [2.45, 2.75) is 151 Å². The number of aromatic nitrogens is 1. The number of hydrogen-bond donors (Lipinski definition) is 2. The largest absolute Gasteiger partial charge is 0.507 e. The van der Waals surface area contributed by atoms with E-state index in [0.717, 1.165) is 24.2 Å². The molecule has 2 N–H and O–H groups in total. The summed E-state index contributed by atoms with van der Waals surface area (Å²) in [6.45, 7) is 14.1. The van der Waals surface area contributed by atoms with Gasteiger partial charge < -0.3 is 24.3 Å². The van der Waals surface area contributed by atoms with Crippen molar-refractivity contribution in [2.75, 3.05) is 13.2 Å².